The second kappa shape index (κ2) is 3.87. The third-order valence-corrected chi connectivity index (χ3v) is 3.30. The van der Waals surface area contributed by atoms with Gasteiger partial charge in [-0.05, 0) is 37.9 Å². The van der Waals surface area contributed by atoms with Gasteiger partial charge in [-0.25, -0.2) is 0 Å². The molecule has 2 heterocycles. The smallest absolute Gasteiger partial charge is 0.231 e. The number of hydrogen-bond acceptors (Lipinski definition) is 4. The fourth-order valence-corrected chi connectivity index (χ4v) is 2.41. The molecule has 1 aromatic rings. The van der Waals surface area contributed by atoms with E-state index in [1.165, 1.54) is 0 Å². The van der Waals surface area contributed by atoms with Crippen molar-refractivity contribution >= 4 is 0 Å². The second-order valence-electron chi connectivity index (χ2n) is 4.29. The van der Waals surface area contributed by atoms with E-state index in [-0.39, 0.29) is 6.79 Å². The fraction of sp³-hybridized carbons (Fsp3) is 0.500. The van der Waals surface area contributed by atoms with E-state index in [2.05, 4.69) is 5.32 Å². The second-order valence-corrected chi connectivity index (χ2v) is 4.29. The summed E-state index contributed by atoms with van der Waals surface area (Å²) < 4.78 is 10.6. The monoisotopic (exact) mass is 221 g/mol. The fourth-order valence-electron chi connectivity index (χ4n) is 2.41. The zero-order chi connectivity index (χ0) is 11.0. The van der Waals surface area contributed by atoms with Crippen LogP contribution in [0.1, 0.15) is 24.3 Å². The van der Waals surface area contributed by atoms with Gasteiger partial charge in [-0.3, -0.25) is 0 Å². The predicted molar refractivity (Wildman–Crippen MR) is 59.1 cm³/mol. The summed E-state index contributed by atoms with van der Waals surface area (Å²) >= 11 is 0. The summed E-state index contributed by atoms with van der Waals surface area (Å²) in [4.78, 5) is 0. The topological polar surface area (TPSA) is 50.7 Å². The number of phenolic OH excluding ortho intramolecular Hbond substituents is 1. The summed E-state index contributed by atoms with van der Waals surface area (Å²) in [7, 11) is 0. The van der Waals surface area contributed by atoms with Gasteiger partial charge in [0.2, 0.25) is 6.79 Å². The first-order valence-corrected chi connectivity index (χ1v) is 5.68. The van der Waals surface area contributed by atoms with Crippen LogP contribution in [0.15, 0.2) is 12.1 Å². The van der Waals surface area contributed by atoms with Crippen molar-refractivity contribution in [1.82, 2.24) is 5.32 Å². The van der Waals surface area contributed by atoms with E-state index in [1.807, 2.05) is 6.07 Å². The Labute approximate surface area is 94.2 Å². The van der Waals surface area contributed by atoms with Gasteiger partial charge in [-0.2, -0.15) is 0 Å². The predicted octanol–water partition coefficient (Wildman–Crippen LogP) is 1.59. The minimum Gasteiger partial charge on any atom is -0.508 e. The van der Waals surface area contributed by atoms with Gasteiger partial charge < -0.3 is 19.9 Å². The number of hydrogen-bond donors (Lipinski definition) is 2. The first kappa shape index (κ1) is 9.78. The third-order valence-electron chi connectivity index (χ3n) is 3.30. The summed E-state index contributed by atoms with van der Waals surface area (Å²) in [6.07, 6.45) is 2.13. The lowest BCUT2D eigenvalue weighted by Gasteiger charge is -2.23. The molecule has 2 N–H and O–H groups in total. The average Bonchev–Trinajstić information content (AvgIpc) is 2.76. The number of benzene rings is 1. The lowest BCUT2D eigenvalue weighted by atomic mass is 9.89. The zero-order valence-electron chi connectivity index (χ0n) is 9.03. The Kier molecular flexibility index (Phi) is 2.36. The Hall–Kier alpha value is -1.42. The molecule has 0 aliphatic carbocycles. The van der Waals surface area contributed by atoms with Gasteiger partial charge in [-0.15, -0.1) is 0 Å². The minimum atomic E-state index is 0.254. The molecule has 16 heavy (non-hydrogen) atoms. The van der Waals surface area contributed by atoms with Crippen LogP contribution in [0.3, 0.4) is 0 Å². The zero-order valence-corrected chi connectivity index (χ0v) is 9.03. The van der Waals surface area contributed by atoms with E-state index in [4.69, 9.17) is 9.47 Å². The highest BCUT2D eigenvalue weighted by atomic mass is 16.7. The highest BCUT2D eigenvalue weighted by Gasteiger charge is 2.23. The summed E-state index contributed by atoms with van der Waals surface area (Å²) in [5.74, 6) is 2.16. The van der Waals surface area contributed by atoms with Crippen LogP contribution in [0.4, 0.5) is 0 Å². The maximum atomic E-state index is 9.97. The van der Waals surface area contributed by atoms with Crippen LogP contribution >= 0.6 is 0 Å². The summed E-state index contributed by atoms with van der Waals surface area (Å²) in [5.41, 5.74) is 0.991. The Morgan fingerprint density at radius 2 is 1.81 bits per heavy atom. The number of piperidine rings is 1. The van der Waals surface area contributed by atoms with Crippen LogP contribution in [-0.2, 0) is 0 Å². The molecule has 0 amide bonds. The molecule has 0 saturated carbocycles. The number of aromatic hydroxyl groups is 1. The third kappa shape index (κ3) is 1.59. The molecule has 4 nitrogen and oxygen atoms in total. The molecule has 0 atom stereocenters. The van der Waals surface area contributed by atoms with Crippen LogP contribution in [0.2, 0.25) is 0 Å². The van der Waals surface area contributed by atoms with Gasteiger partial charge >= 0.3 is 0 Å². The van der Waals surface area contributed by atoms with Crippen molar-refractivity contribution in [2.75, 3.05) is 19.9 Å². The van der Waals surface area contributed by atoms with E-state index in [1.54, 1.807) is 6.07 Å². The van der Waals surface area contributed by atoms with Crippen LogP contribution in [-0.4, -0.2) is 25.0 Å². The number of fused-ring (bicyclic) bond motifs is 1. The molecule has 0 bridgehead atoms. The lowest BCUT2D eigenvalue weighted by molar-refractivity contribution is 0.174. The molecular formula is C12H15NO3. The van der Waals surface area contributed by atoms with Crippen molar-refractivity contribution in [2.45, 2.75) is 18.8 Å². The van der Waals surface area contributed by atoms with E-state index in [9.17, 15) is 5.11 Å². The molecule has 1 aromatic carbocycles. The first-order chi connectivity index (χ1) is 7.84. The molecule has 0 aromatic heterocycles. The van der Waals surface area contributed by atoms with Gasteiger partial charge in [0.05, 0.1) is 0 Å². The average molecular weight is 221 g/mol. The minimum absolute atomic E-state index is 0.254. The quantitative estimate of drug-likeness (QED) is 0.756. The van der Waals surface area contributed by atoms with Gasteiger partial charge in [0, 0.05) is 11.6 Å². The van der Waals surface area contributed by atoms with Crippen molar-refractivity contribution in [3.05, 3.63) is 17.7 Å². The molecule has 0 radical (unpaired) electrons. The van der Waals surface area contributed by atoms with E-state index < -0.39 is 0 Å². The standard InChI is InChI=1S/C12H15NO3/c14-10-6-12-11(15-7-16-12)5-9(10)8-1-3-13-4-2-8/h5-6,8,13-14H,1-4,7H2. The summed E-state index contributed by atoms with van der Waals surface area (Å²) in [6, 6.07) is 3.59. The Bertz CT molecular complexity index is 399. The number of ether oxygens (including phenoxy) is 2. The van der Waals surface area contributed by atoms with E-state index in [0.717, 1.165) is 37.2 Å². The van der Waals surface area contributed by atoms with E-state index in [0.29, 0.717) is 17.4 Å². The molecule has 1 fully saturated rings. The summed E-state index contributed by atoms with van der Waals surface area (Å²) in [5, 5.41) is 13.3. The van der Waals surface area contributed by atoms with Crippen LogP contribution in [0.25, 0.3) is 0 Å². The highest BCUT2D eigenvalue weighted by Crippen LogP contribution is 2.42. The summed E-state index contributed by atoms with van der Waals surface area (Å²) in [6.45, 7) is 2.28. The molecule has 4 heteroatoms. The van der Waals surface area contributed by atoms with Crippen molar-refractivity contribution in [3.8, 4) is 17.2 Å². The van der Waals surface area contributed by atoms with E-state index >= 15 is 0 Å². The Morgan fingerprint density at radius 3 is 2.56 bits per heavy atom. The molecule has 2 aliphatic rings. The molecule has 1 saturated heterocycles. The molecule has 86 valence electrons. The molecule has 0 spiro atoms. The number of phenols is 1. The maximum absolute atomic E-state index is 9.97. The molecular weight excluding hydrogens is 206 g/mol. The number of nitrogens with one attached hydrogen (secondary N) is 1. The van der Waals surface area contributed by atoms with Gasteiger partial charge in [0.25, 0.3) is 0 Å². The van der Waals surface area contributed by atoms with Crippen LogP contribution in [0.5, 0.6) is 17.2 Å². The largest absolute Gasteiger partial charge is 0.508 e. The van der Waals surface area contributed by atoms with Crippen molar-refractivity contribution in [1.29, 1.82) is 0 Å². The SMILES string of the molecule is Oc1cc2c(cc1C1CCNCC1)OCO2. The normalized spacial score (nSPS) is 20.0. The Morgan fingerprint density at radius 1 is 1.12 bits per heavy atom. The lowest BCUT2D eigenvalue weighted by Crippen LogP contribution is -2.26. The molecule has 0 unspecified atom stereocenters. The highest BCUT2D eigenvalue weighted by molar-refractivity contribution is 5.52. The maximum Gasteiger partial charge on any atom is 0.231 e. The van der Waals surface area contributed by atoms with Crippen LogP contribution in [0, 0.1) is 0 Å². The van der Waals surface area contributed by atoms with Crippen molar-refractivity contribution < 1.29 is 14.6 Å². The van der Waals surface area contributed by atoms with Crippen molar-refractivity contribution in [3.63, 3.8) is 0 Å². The van der Waals surface area contributed by atoms with Crippen molar-refractivity contribution in [2.24, 2.45) is 0 Å². The van der Waals surface area contributed by atoms with Crippen LogP contribution < -0.4 is 14.8 Å². The molecule has 2 aliphatic heterocycles. The Balaban J connectivity index is 1.94. The molecule has 3 rings (SSSR count). The van der Waals surface area contributed by atoms with Gasteiger partial charge in [-0.1, -0.05) is 0 Å². The number of rotatable bonds is 1. The first-order valence-electron chi connectivity index (χ1n) is 5.68. The van der Waals surface area contributed by atoms with Gasteiger partial charge in [0.1, 0.15) is 5.75 Å². The van der Waals surface area contributed by atoms with Gasteiger partial charge in [0.15, 0.2) is 11.5 Å².